The number of aromatic nitrogens is 2. The van der Waals surface area contributed by atoms with Crippen LogP contribution in [0, 0.1) is 11.8 Å². The molecule has 3 nitrogen and oxygen atoms in total. The first-order valence-corrected chi connectivity index (χ1v) is 7.63. The third-order valence-corrected chi connectivity index (χ3v) is 4.34. The van der Waals surface area contributed by atoms with Crippen LogP contribution in [-0.2, 0) is 0 Å². The number of rotatable bonds is 4. The highest BCUT2D eigenvalue weighted by Gasteiger charge is 2.37. The van der Waals surface area contributed by atoms with Crippen molar-refractivity contribution in [1.29, 1.82) is 0 Å². The molecule has 1 aromatic rings. The molecular formula is C18H22N2O. The highest BCUT2D eigenvalue weighted by molar-refractivity contribution is 5.80. The Hall–Kier alpha value is -1.83. The van der Waals surface area contributed by atoms with Crippen molar-refractivity contribution in [1.82, 2.24) is 9.55 Å². The standard InChI is InChI=1S/C18H22N2O/c1-12(2)9-16(13(3)21)18-15-8-6-4-5-7-14(15)17-10-19-11-20(17)18/h4,6-8,10-13,16,18,21H,9H2,1-3H3/t13-,16?,18?/m0/s1. The third-order valence-electron chi connectivity index (χ3n) is 4.34. The van der Waals surface area contributed by atoms with Gasteiger partial charge in [0, 0.05) is 11.5 Å². The van der Waals surface area contributed by atoms with Crippen molar-refractivity contribution in [3.63, 3.8) is 0 Å². The number of aliphatic hydroxyl groups excluding tert-OH is 1. The van der Waals surface area contributed by atoms with Crippen LogP contribution in [-0.4, -0.2) is 20.8 Å². The Balaban J connectivity index is 2.09. The third kappa shape index (κ3) is 2.44. The summed E-state index contributed by atoms with van der Waals surface area (Å²) in [5, 5.41) is 10.3. The number of allylic oxidation sites excluding steroid dienone is 5. The van der Waals surface area contributed by atoms with Gasteiger partial charge in [0.2, 0.25) is 0 Å². The Bertz CT molecular complexity index is 655. The molecule has 0 amide bonds. The summed E-state index contributed by atoms with van der Waals surface area (Å²) < 4.78 is 2.21. The smallest absolute Gasteiger partial charge is 0.0956 e. The fourth-order valence-corrected chi connectivity index (χ4v) is 3.45. The second-order valence-corrected chi connectivity index (χ2v) is 6.37. The maximum absolute atomic E-state index is 10.3. The Kier molecular flexibility index (Phi) is 3.71. The zero-order valence-electron chi connectivity index (χ0n) is 12.8. The molecule has 1 aromatic heterocycles. The lowest BCUT2D eigenvalue weighted by molar-refractivity contribution is 0.0878. The minimum Gasteiger partial charge on any atom is -0.393 e. The fraction of sp³-hybridized carbons (Fsp3) is 0.444. The molecule has 2 unspecified atom stereocenters. The van der Waals surface area contributed by atoms with Gasteiger partial charge in [0.1, 0.15) is 0 Å². The van der Waals surface area contributed by atoms with Gasteiger partial charge in [-0.1, -0.05) is 26.0 Å². The number of nitrogens with zero attached hydrogens (tertiary/aromatic N) is 2. The van der Waals surface area contributed by atoms with E-state index in [1.807, 2.05) is 37.7 Å². The maximum atomic E-state index is 10.3. The van der Waals surface area contributed by atoms with E-state index in [0.717, 1.165) is 12.1 Å². The lowest BCUT2D eigenvalue weighted by Gasteiger charge is -2.30. The molecule has 0 saturated heterocycles. The molecule has 0 saturated carbocycles. The van der Waals surface area contributed by atoms with Crippen molar-refractivity contribution >= 4 is 5.57 Å². The summed E-state index contributed by atoms with van der Waals surface area (Å²) in [4.78, 5) is 4.30. The van der Waals surface area contributed by atoms with E-state index in [9.17, 15) is 5.11 Å². The molecule has 0 spiro atoms. The van der Waals surface area contributed by atoms with Gasteiger partial charge in [-0.15, -0.1) is 5.73 Å². The van der Waals surface area contributed by atoms with E-state index in [-0.39, 0.29) is 18.1 Å². The molecule has 3 atom stereocenters. The van der Waals surface area contributed by atoms with Crippen LogP contribution in [0.5, 0.6) is 0 Å². The van der Waals surface area contributed by atoms with Crippen molar-refractivity contribution in [3.8, 4) is 0 Å². The molecule has 0 bridgehead atoms. The van der Waals surface area contributed by atoms with E-state index in [0.29, 0.717) is 5.92 Å². The molecule has 21 heavy (non-hydrogen) atoms. The average Bonchev–Trinajstić information content (AvgIpc) is 2.89. The molecule has 3 rings (SSSR count). The Morgan fingerprint density at radius 3 is 2.90 bits per heavy atom. The van der Waals surface area contributed by atoms with Crippen LogP contribution in [0.25, 0.3) is 5.57 Å². The maximum Gasteiger partial charge on any atom is 0.0956 e. The van der Waals surface area contributed by atoms with E-state index in [1.165, 1.54) is 11.1 Å². The van der Waals surface area contributed by atoms with Gasteiger partial charge in [-0.2, -0.15) is 0 Å². The summed E-state index contributed by atoms with van der Waals surface area (Å²) in [6, 6.07) is 0.153. The number of imidazole rings is 1. The first kappa shape index (κ1) is 14.1. The summed E-state index contributed by atoms with van der Waals surface area (Å²) >= 11 is 0. The van der Waals surface area contributed by atoms with Gasteiger partial charge in [0.15, 0.2) is 0 Å². The molecule has 0 aromatic carbocycles. The fourth-order valence-electron chi connectivity index (χ4n) is 3.45. The first-order valence-electron chi connectivity index (χ1n) is 7.63. The van der Waals surface area contributed by atoms with Gasteiger partial charge < -0.3 is 9.67 Å². The monoisotopic (exact) mass is 282 g/mol. The molecule has 1 aliphatic carbocycles. The van der Waals surface area contributed by atoms with E-state index in [4.69, 9.17) is 0 Å². The molecule has 0 fully saturated rings. The summed E-state index contributed by atoms with van der Waals surface area (Å²) in [6.45, 7) is 6.31. The van der Waals surface area contributed by atoms with Crippen LogP contribution in [0.3, 0.4) is 0 Å². The van der Waals surface area contributed by atoms with Crippen LogP contribution in [0.1, 0.15) is 38.9 Å². The molecular weight excluding hydrogens is 260 g/mol. The molecule has 110 valence electrons. The van der Waals surface area contributed by atoms with Crippen molar-refractivity contribution < 1.29 is 5.11 Å². The van der Waals surface area contributed by atoms with Gasteiger partial charge in [-0.3, -0.25) is 0 Å². The molecule has 2 heterocycles. The van der Waals surface area contributed by atoms with Crippen LogP contribution < -0.4 is 0 Å². The summed E-state index contributed by atoms with van der Waals surface area (Å²) in [5.41, 5.74) is 6.74. The predicted octanol–water partition coefficient (Wildman–Crippen LogP) is 3.52. The van der Waals surface area contributed by atoms with Gasteiger partial charge in [-0.25, -0.2) is 4.98 Å². The molecule has 1 N–H and O–H groups in total. The van der Waals surface area contributed by atoms with E-state index >= 15 is 0 Å². The zero-order valence-corrected chi connectivity index (χ0v) is 12.8. The zero-order chi connectivity index (χ0) is 15.0. The Morgan fingerprint density at radius 1 is 1.38 bits per heavy atom. The van der Waals surface area contributed by atoms with Crippen molar-refractivity contribution in [2.75, 3.05) is 0 Å². The quantitative estimate of drug-likeness (QED) is 0.858. The highest BCUT2D eigenvalue weighted by atomic mass is 16.3. The topological polar surface area (TPSA) is 38.0 Å². The minimum absolute atomic E-state index is 0.153. The van der Waals surface area contributed by atoms with Crippen molar-refractivity contribution in [2.24, 2.45) is 11.8 Å². The van der Waals surface area contributed by atoms with E-state index in [2.05, 4.69) is 35.2 Å². The summed E-state index contributed by atoms with van der Waals surface area (Å²) in [6.07, 6.45) is 12.6. The summed E-state index contributed by atoms with van der Waals surface area (Å²) in [7, 11) is 0. The average molecular weight is 282 g/mol. The van der Waals surface area contributed by atoms with Gasteiger partial charge in [-0.05, 0) is 37.0 Å². The van der Waals surface area contributed by atoms with Gasteiger partial charge in [0.05, 0.1) is 30.4 Å². The second-order valence-electron chi connectivity index (χ2n) is 6.37. The van der Waals surface area contributed by atoms with Crippen LogP contribution in [0.15, 0.2) is 48.1 Å². The second kappa shape index (κ2) is 5.51. The van der Waals surface area contributed by atoms with Crippen molar-refractivity contribution in [2.45, 2.75) is 39.3 Å². The SMILES string of the molecule is CC(C)CC(C1C2=C(C=C=CC=C2)c2cncn21)[C@H](C)O. The number of hydrogen-bond donors (Lipinski definition) is 1. The lowest BCUT2D eigenvalue weighted by atomic mass is 9.82. The Labute approximate surface area is 126 Å². The molecule has 2 aliphatic rings. The van der Waals surface area contributed by atoms with E-state index in [1.54, 1.807) is 0 Å². The van der Waals surface area contributed by atoms with Crippen LogP contribution >= 0.6 is 0 Å². The Morgan fingerprint density at radius 2 is 2.19 bits per heavy atom. The minimum atomic E-state index is -0.354. The highest BCUT2D eigenvalue weighted by Crippen LogP contribution is 2.44. The molecule has 3 heteroatoms. The van der Waals surface area contributed by atoms with Crippen LogP contribution in [0.4, 0.5) is 0 Å². The van der Waals surface area contributed by atoms with Crippen LogP contribution in [0.2, 0.25) is 0 Å². The molecule has 0 radical (unpaired) electrons. The number of aliphatic hydroxyl groups is 1. The van der Waals surface area contributed by atoms with E-state index < -0.39 is 0 Å². The van der Waals surface area contributed by atoms with Gasteiger partial charge in [0.25, 0.3) is 0 Å². The first-order chi connectivity index (χ1) is 10.1. The number of fused-ring (bicyclic) bond motifs is 2. The molecule has 1 aliphatic heterocycles. The lowest BCUT2D eigenvalue weighted by Crippen LogP contribution is -2.29. The summed E-state index contributed by atoms with van der Waals surface area (Å²) in [5.74, 6) is 0.728. The predicted molar refractivity (Wildman–Crippen MR) is 84.6 cm³/mol. The van der Waals surface area contributed by atoms with Gasteiger partial charge >= 0.3 is 0 Å². The number of hydrogen-bond acceptors (Lipinski definition) is 2. The van der Waals surface area contributed by atoms with Crippen molar-refractivity contribution in [3.05, 3.63) is 53.8 Å². The largest absolute Gasteiger partial charge is 0.393 e. The normalized spacial score (nSPS) is 22.4.